The molecule has 8 nitrogen and oxygen atoms in total. The van der Waals surface area contributed by atoms with Crippen molar-refractivity contribution >= 4 is 23.4 Å². The van der Waals surface area contributed by atoms with E-state index in [2.05, 4.69) is 20.5 Å². The smallest absolute Gasteiger partial charge is 0.237 e. The zero-order chi connectivity index (χ0) is 23.9. The monoisotopic (exact) mass is 475 g/mol. The molecule has 1 atom stereocenters. The lowest BCUT2D eigenvalue weighted by atomic mass is 10.2. The maximum absolute atomic E-state index is 13.0. The van der Waals surface area contributed by atoms with Crippen LogP contribution in [0.15, 0.2) is 78.2 Å². The highest BCUT2D eigenvalue weighted by atomic mass is 32.2. The maximum atomic E-state index is 13.0. The van der Waals surface area contributed by atoms with Crippen LogP contribution in [0, 0.1) is 0 Å². The van der Waals surface area contributed by atoms with Gasteiger partial charge in [-0.05, 0) is 24.6 Å². The number of thioether (sulfide) groups is 1. The third-order valence-corrected chi connectivity index (χ3v) is 6.17. The number of ether oxygens (including phenoxy) is 2. The highest BCUT2D eigenvalue weighted by Gasteiger charge is 2.22. The predicted octanol–water partition coefficient (Wildman–Crippen LogP) is 4.52. The van der Waals surface area contributed by atoms with Crippen molar-refractivity contribution < 1.29 is 14.3 Å². The molecule has 2 heterocycles. The van der Waals surface area contributed by atoms with Gasteiger partial charge in [0.2, 0.25) is 5.91 Å². The summed E-state index contributed by atoms with van der Waals surface area (Å²) in [5.41, 5.74) is 2.56. The van der Waals surface area contributed by atoms with Gasteiger partial charge in [0.05, 0.1) is 26.0 Å². The molecule has 34 heavy (non-hydrogen) atoms. The van der Waals surface area contributed by atoms with Gasteiger partial charge in [-0.1, -0.05) is 42.1 Å². The van der Waals surface area contributed by atoms with Crippen molar-refractivity contribution in [1.29, 1.82) is 0 Å². The van der Waals surface area contributed by atoms with E-state index in [4.69, 9.17) is 9.47 Å². The summed E-state index contributed by atoms with van der Waals surface area (Å²) in [7, 11) is 3.14. The molecule has 0 aliphatic heterocycles. The quantitative estimate of drug-likeness (QED) is 0.356. The van der Waals surface area contributed by atoms with Crippen LogP contribution < -0.4 is 14.8 Å². The molecule has 0 saturated carbocycles. The number of amides is 1. The minimum absolute atomic E-state index is 0.169. The summed E-state index contributed by atoms with van der Waals surface area (Å²) in [5.74, 6) is 1.72. The summed E-state index contributed by atoms with van der Waals surface area (Å²) in [6.07, 6.45) is 3.48. The molecular weight excluding hydrogens is 450 g/mol. The number of rotatable bonds is 9. The number of hydrogen-bond acceptors (Lipinski definition) is 7. The van der Waals surface area contributed by atoms with E-state index in [9.17, 15) is 4.79 Å². The van der Waals surface area contributed by atoms with E-state index >= 15 is 0 Å². The molecule has 9 heteroatoms. The number of methoxy groups -OCH3 is 2. The Morgan fingerprint density at radius 2 is 1.76 bits per heavy atom. The van der Waals surface area contributed by atoms with E-state index in [0.717, 1.165) is 11.1 Å². The summed E-state index contributed by atoms with van der Waals surface area (Å²) in [5, 5.41) is 12.0. The van der Waals surface area contributed by atoms with Crippen molar-refractivity contribution in [2.24, 2.45) is 0 Å². The summed E-state index contributed by atoms with van der Waals surface area (Å²) < 4.78 is 12.6. The van der Waals surface area contributed by atoms with Crippen LogP contribution in [0.25, 0.3) is 11.4 Å². The Balaban J connectivity index is 1.57. The van der Waals surface area contributed by atoms with Crippen molar-refractivity contribution in [1.82, 2.24) is 19.7 Å². The average molecular weight is 476 g/mol. The lowest BCUT2D eigenvalue weighted by Crippen LogP contribution is -2.23. The Morgan fingerprint density at radius 1 is 1.03 bits per heavy atom. The first kappa shape index (κ1) is 23.3. The topological polar surface area (TPSA) is 91.2 Å². The van der Waals surface area contributed by atoms with Gasteiger partial charge in [0.1, 0.15) is 11.5 Å². The normalized spacial score (nSPS) is 11.6. The first-order chi connectivity index (χ1) is 16.6. The van der Waals surface area contributed by atoms with Gasteiger partial charge in [-0.25, -0.2) is 0 Å². The Bertz CT molecular complexity index is 1230. The Hall–Kier alpha value is -3.85. The lowest BCUT2D eigenvalue weighted by Gasteiger charge is -2.15. The van der Waals surface area contributed by atoms with E-state index in [0.29, 0.717) is 34.7 Å². The molecule has 0 radical (unpaired) electrons. The zero-order valence-corrected chi connectivity index (χ0v) is 20.0. The van der Waals surface area contributed by atoms with Crippen molar-refractivity contribution in [3.05, 3.63) is 78.6 Å². The fraction of sp³-hybridized carbons (Fsp3) is 0.200. The number of carbonyl (C=O) groups excluding carboxylic acids is 1. The second kappa shape index (κ2) is 10.8. The fourth-order valence-corrected chi connectivity index (χ4v) is 4.18. The summed E-state index contributed by atoms with van der Waals surface area (Å²) in [6.45, 7) is 2.41. The number of carbonyl (C=O) groups is 1. The van der Waals surface area contributed by atoms with E-state index in [-0.39, 0.29) is 5.91 Å². The highest BCUT2D eigenvalue weighted by molar-refractivity contribution is 8.00. The first-order valence-corrected chi connectivity index (χ1v) is 11.5. The highest BCUT2D eigenvalue weighted by Crippen LogP contribution is 2.30. The van der Waals surface area contributed by atoms with Gasteiger partial charge < -0.3 is 14.8 Å². The molecule has 4 rings (SSSR count). The molecular formula is C25H25N5O3S. The standard InChI is InChI=1S/C25H25N5O3S/c1-17(24(31)27-20-12-21(32-2)14-22(13-20)33-3)34-25-29-28-23(19-10-7-11-26-15-19)30(25)16-18-8-5-4-6-9-18/h4-15,17H,16H2,1-3H3,(H,27,31). The van der Waals surface area contributed by atoms with Crippen LogP contribution >= 0.6 is 11.8 Å². The molecule has 1 N–H and O–H groups in total. The number of anilines is 1. The predicted molar refractivity (Wildman–Crippen MR) is 132 cm³/mol. The second-order valence-electron chi connectivity index (χ2n) is 7.47. The number of nitrogens with zero attached hydrogens (tertiary/aromatic N) is 4. The third-order valence-electron chi connectivity index (χ3n) is 5.09. The van der Waals surface area contributed by atoms with Crippen LogP contribution in [-0.4, -0.2) is 45.1 Å². The van der Waals surface area contributed by atoms with Crippen LogP contribution in [0.3, 0.4) is 0 Å². The number of hydrogen-bond donors (Lipinski definition) is 1. The summed E-state index contributed by atoms with van der Waals surface area (Å²) in [4.78, 5) is 17.2. The number of nitrogens with one attached hydrogen (secondary N) is 1. The summed E-state index contributed by atoms with van der Waals surface area (Å²) in [6, 6.07) is 19.1. The Labute approximate surface area is 202 Å². The van der Waals surface area contributed by atoms with Gasteiger partial charge in [0.25, 0.3) is 0 Å². The van der Waals surface area contributed by atoms with Gasteiger partial charge in [-0.3, -0.25) is 14.3 Å². The van der Waals surface area contributed by atoms with Gasteiger partial charge in [-0.15, -0.1) is 10.2 Å². The molecule has 2 aromatic heterocycles. The minimum atomic E-state index is -0.433. The van der Waals surface area contributed by atoms with Crippen LogP contribution in [0.1, 0.15) is 12.5 Å². The van der Waals surface area contributed by atoms with E-state index in [1.807, 2.05) is 54.0 Å². The van der Waals surface area contributed by atoms with Crippen molar-refractivity contribution in [3.8, 4) is 22.9 Å². The van der Waals surface area contributed by atoms with Gasteiger partial charge >= 0.3 is 0 Å². The number of pyridine rings is 1. The zero-order valence-electron chi connectivity index (χ0n) is 19.1. The largest absolute Gasteiger partial charge is 0.497 e. The maximum Gasteiger partial charge on any atom is 0.237 e. The van der Waals surface area contributed by atoms with Gasteiger partial charge in [-0.2, -0.15) is 0 Å². The Morgan fingerprint density at radius 3 is 2.41 bits per heavy atom. The molecule has 0 aliphatic carbocycles. The van der Waals surface area contributed by atoms with Crippen molar-refractivity contribution in [2.45, 2.75) is 23.9 Å². The minimum Gasteiger partial charge on any atom is -0.497 e. The Kier molecular flexibility index (Phi) is 7.44. The molecule has 0 fully saturated rings. The molecule has 2 aromatic carbocycles. The van der Waals surface area contributed by atoms with Gasteiger partial charge in [0.15, 0.2) is 11.0 Å². The van der Waals surface area contributed by atoms with Crippen LogP contribution in [-0.2, 0) is 11.3 Å². The molecule has 1 unspecified atom stereocenters. The molecule has 0 spiro atoms. The number of benzene rings is 2. The molecule has 1 amide bonds. The lowest BCUT2D eigenvalue weighted by molar-refractivity contribution is -0.115. The van der Waals surface area contributed by atoms with Crippen LogP contribution in [0.2, 0.25) is 0 Å². The molecule has 4 aromatic rings. The van der Waals surface area contributed by atoms with Crippen molar-refractivity contribution in [2.75, 3.05) is 19.5 Å². The molecule has 174 valence electrons. The van der Waals surface area contributed by atoms with E-state index in [1.54, 1.807) is 44.8 Å². The van der Waals surface area contributed by atoms with E-state index < -0.39 is 5.25 Å². The summed E-state index contributed by atoms with van der Waals surface area (Å²) >= 11 is 1.35. The van der Waals surface area contributed by atoms with E-state index in [1.165, 1.54) is 11.8 Å². The SMILES string of the molecule is COc1cc(NC(=O)C(C)Sc2nnc(-c3cccnc3)n2Cc2ccccc2)cc(OC)c1. The van der Waals surface area contributed by atoms with Gasteiger partial charge in [0, 0.05) is 41.8 Å². The van der Waals surface area contributed by atoms with Crippen LogP contribution in [0.4, 0.5) is 5.69 Å². The number of aromatic nitrogens is 4. The van der Waals surface area contributed by atoms with Crippen molar-refractivity contribution in [3.63, 3.8) is 0 Å². The van der Waals surface area contributed by atoms with Crippen LogP contribution in [0.5, 0.6) is 11.5 Å². The molecule has 0 saturated heterocycles. The fourth-order valence-electron chi connectivity index (χ4n) is 3.33. The molecule has 0 aliphatic rings. The first-order valence-electron chi connectivity index (χ1n) is 10.7. The molecule has 0 bridgehead atoms. The third kappa shape index (κ3) is 5.55. The average Bonchev–Trinajstić information content (AvgIpc) is 3.26. The second-order valence-corrected chi connectivity index (χ2v) is 8.78.